The average molecular weight is 257 g/mol. The number of hydrogen-bond acceptors (Lipinski definition) is 3. The van der Waals surface area contributed by atoms with Gasteiger partial charge in [0.2, 0.25) is 0 Å². The van der Waals surface area contributed by atoms with Crippen molar-refractivity contribution in [1.29, 1.82) is 0 Å². The van der Waals surface area contributed by atoms with E-state index in [0.29, 0.717) is 22.2 Å². The fraction of sp³-hybridized carbons (Fsp3) is 0.333. The number of carbonyl (C=O) groups is 1. The highest BCUT2D eigenvalue weighted by Gasteiger charge is 2.23. The third kappa shape index (κ3) is 1.84. The van der Waals surface area contributed by atoms with Crippen LogP contribution in [0.4, 0.5) is 0 Å². The van der Waals surface area contributed by atoms with Crippen LogP contribution in [0.15, 0.2) is 18.2 Å². The number of rotatable bonds is 2. The Hall–Kier alpha value is -2.10. The molecule has 1 aliphatic rings. The summed E-state index contributed by atoms with van der Waals surface area (Å²) in [5.74, 6) is -0.243. The first-order valence-electron chi connectivity index (χ1n) is 6.44. The Morgan fingerprint density at radius 1 is 1.32 bits per heavy atom. The van der Waals surface area contributed by atoms with Crippen molar-refractivity contribution in [2.75, 3.05) is 7.11 Å². The number of carboxylic acids is 1. The molecule has 1 aliphatic carbocycles. The average Bonchev–Trinajstić information content (AvgIpc) is 2.43. The van der Waals surface area contributed by atoms with Crippen LogP contribution in [0.1, 0.15) is 34.5 Å². The first kappa shape index (κ1) is 12.0. The van der Waals surface area contributed by atoms with E-state index in [-0.39, 0.29) is 0 Å². The fourth-order valence-corrected chi connectivity index (χ4v) is 2.83. The van der Waals surface area contributed by atoms with E-state index >= 15 is 0 Å². The number of para-hydroxylation sites is 1. The largest absolute Gasteiger partial charge is 0.494 e. The molecule has 0 unspecified atom stereocenters. The summed E-state index contributed by atoms with van der Waals surface area (Å²) in [7, 11) is 1.58. The van der Waals surface area contributed by atoms with E-state index in [1.807, 2.05) is 18.2 Å². The molecule has 3 rings (SSSR count). The molecular formula is C15H15NO3. The summed E-state index contributed by atoms with van der Waals surface area (Å²) >= 11 is 0. The molecule has 0 saturated heterocycles. The number of pyridine rings is 1. The van der Waals surface area contributed by atoms with Gasteiger partial charge in [0.05, 0.1) is 12.7 Å². The minimum Gasteiger partial charge on any atom is -0.494 e. The van der Waals surface area contributed by atoms with Crippen molar-refractivity contribution in [2.45, 2.75) is 25.7 Å². The first-order valence-corrected chi connectivity index (χ1v) is 6.44. The third-order valence-corrected chi connectivity index (χ3v) is 3.69. The Bertz CT molecular complexity index is 664. The van der Waals surface area contributed by atoms with Crippen molar-refractivity contribution < 1.29 is 14.6 Å². The van der Waals surface area contributed by atoms with Gasteiger partial charge in [-0.15, -0.1) is 0 Å². The van der Waals surface area contributed by atoms with Crippen molar-refractivity contribution in [3.05, 3.63) is 35.0 Å². The maximum absolute atomic E-state index is 11.6. The number of fused-ring (bicyclic) bond motifs is 2. The molecule has 0 saturated carbocycles. The van der Waals surface area contributed by atoms with Crippen molar-refractivity contribution in [2.24, 2.45) is 0 Å². The number of hydrogen-bond donors (Lipinski definition) is 1. The zero-order valence-electron chi connectivity index (χ0n) is 10.8. The van der Waals surface area contributed by atoms with Crippen LogP contribution >= 0.6 is 0 Å². The lowest BCUT2D eigenvalue weighted by Crippen LogP contribution is -2.13. The normalized spacial score (nSPS) is 14.2. The minimum atomic E-state index is -0.876. The Morgan fingerprint density at radius 2 is 2.11 bits per heavy atom. The van der Waals surface area contributed by atoms with Crippen molar-refractivity contribution in [3.8, 4) is 5.75 Å². The minimum absolute atomic E-state index is 0.401. The molecule has 0 fully saturated rings. The summed E-state index contributed by atoms with van der Waals surface area (Å²) in [5, 5.41) is 10.2. The molecule has 1 aromatic carbocycles. The van der Waals surface area contributed by atoms with Gasteiger partial charge >= 0.3 is 5.97 Å². The standard InChI is InChI=1S/C15H15NO3/c1-19-12-8-4-6-10-13(15(17)18)9-5-2-3-7-11(9)16-14(10)12/h4,6,8H,2-3,5,7H2,1H3,(H,17,18). The first-order chi connectivity index (χ1) is 9.22. The van der Waals surface area contributed by atoms with Gasteiger partial charge in [0.15, 0.2) is 0 Å². The molecule has 1 aromatic heterocycles. The number of methoxy groups -OCH3 is 1. The van der Waals surface area contributed by atoms with Crippen LogP contribution in [-0.4, -0.2) is 23.2 Å². The summed E-state index contributed by atoms with van der Waals surface area (Å²) in [6, 6.07) is 5.43. The topological polar surface area (TPSA) is 59.4 Å². The van der Waals surface area contributed by atoms with E-state index < -0.39 is 5.97 Å². The summed E-state index contributed by atoms with van der Waals surface area (Å²) in [6.45, 7) is 0. The van der Waals surface area contributed by atoms with Crippen LogP contribution in [-0.2, 0) is 12.8 Å². The number of ether oxygens (including phenoxy) is 1. The summed E-state index contributed by atoms with van der Waals surface area (Å²) < 4.78 is 5.30. The Balaban J connectivity index is 2.42. The van der Waals surface area contributed by atoms with Crippen LogP contribution in [0.25, 0.3) is 10.9 Å². The lowest BCUT2D eigenvalue weighted by atomic mass is 9.90. The highest BCUT2D eigenvalue weighted by molar-refractivity contribution is 6.05. The maximum Gasteiger partial charge on any atom is 0.336 e. The van der Waals surface area contributed by atoms with Crippen molar-refractivity contribution >= 4 is 16.9 Å². The van der Waals surface area contributed by atoms with Gasteiger partial charge in [-0.25, -0.2) is 9.78 Å². The summed E-state index contributed by atoms with van der Waals surface area (Å²) in [4.78, 5) is 16.3. The molecule has 0 bridgehead atoms. The molecule has 0 atom stereocenters. The van der Waals surface area contributed by atoms with Crippen LogP contribution in [0, 0.1) is 0 Å². The number of aromatic nitrogens is 1. The van der Waals surface area contributed by atoms with E-state index in [1.165, 1.54) is 0 Å². The molecular weight excluding hydrogens is 242 g/mol. The van der Waals surface area contributed by atoms with Gasteiger partial charge in [-0.3, -0.25) is 0 Å². The van der Waals surface area contributed by atoms with Gasteiger partial charge in [-0.2, -0.15) is 0 Å². The monoisotopic (exact) mass is 257 g/mol. The van der Waals surface area contributed by atoms with Crippen LogP contribution in [0.3, 0.4) is 0 Å². The molecule has 4 nitrogen and oxygen atoms in total. The van der Waals surface area contributed by atoms with Gasteiger partial charge in [0.25, 0.3) is 0 Å². The second-order valence-electron chi connectivity index (χ2n) is 4.78. The summed E-state index contributed by atoms with van der Waals surface area (Å²) in [6.07, 6.45) is 3.75. The number of carboxylic acid groups (broad SMARTS) is 1. The zero-order valence-corrected chi connectivity index (χ0v) is 10.8. The number of aromatic carboxylic acids is 1. The van der Waals surface area contributed by atoms with E-state index in [0.717, 1.165) is 36.9 Å². The molecule has 1 N–H and O–H groups in total. The molecule has 0 radical (unpaired) electrons. The smallest absolute Gasteiger partial charge is 0.336 e. The molecule has 4 heteroatoms. The van der Waals surface area contributed by atoms with Gasteiger partial charge in [-0.1, -0.05) is 12.1 Å². The number of nitrogens with zero attached hydrogens (tertiary/aromatic N) is 1. The lowest BCUT2D eigenvalue weighted by molar-refractivity contribution is 0.0697. The molecule has 1 heterocycles. The molecule has 98 valence electrons. The van der Waals surface area contributed by atoms with E-state index in [2.05, 4.69) is 4.98 Å². The second kappa shape index (κ2) is 4.53. The maximum atomic E-state index is 11.6. The molecule has 0 spiro atoms. The van der Waals surface area contributed by atoms with Gasteiger partial charge in [-0.05, 0) is 37.3 Å². The van der Waals surface area contributed by atoms with E-state index in [4.69, 9.17) is 4.74 Å². The second-order valence-corrected chi connectivity index (χ2v) is 4.78. The van der Waals surface area contributed by atoms with Crippen LogP contribution in [0.2, 0.25) is 0 Å². The van der Waals surface area contributed by atoms with Crippen molar-refractivity contribution in [1.82, 2.24) is 4.98 Å². The Kier molecular flexibility index (Phi) is 2.85. The predicted molar refractivity (Wildman–Crippen MR) is 71.9 cm³/mol. The molecule has 2 aromatic rings. The fourth-order valence-electron chi connectivity index (χ4n) is 2.83. The zero-order chi connectivity index (χ0) is 13.4. The SMILES string of the molecule is COc1cccc2c(C(=O)O)c3c(nc12)CCCC3. The summed E-state index contributed by atoms with van der Waals surface area (Å²) in [5.41, 5.74) is 2.88. The number of aryl methyl sites for hydroxylation is 1. The van der Waals surface area contributed by atoms with E-state index in [9.17, 15) is 9.90 Å². The highest BCUT2D eigenvalue weighted by atomic mass is 16.5. The van der Waals surface area contributed by atoms with Gasteiger partial charge in [0.1, 0.15) is 11.3 Å². The predicted octanol–water partition coefficient (Wildman–Crippen LogP) is 2.82. The number of benzene rings is 1. The highest BCUT2D eigenvalue weighted by Crippen LogP contribution is 2.33. The van der Waals surface area contributed by atoms with E-state index in [1.54, 1.807) is 7.11 Å². The van der Waals surface area contributed by atoms with Gasteiger partial charge in [0, 0.05) is 11.1 Å². The van der Waals surface area contributed by atoms with Gasteiger partial charge < -0.3 is 9.84 Å². The van der Waals surface area contributed by atoms with Crippen molar-refractivity contribution in [3.63, 3.8) is 0 Å². The Labute approximate surface area is 111 Å². The van der Waals surface area contributed by atoms with Crippen LogP contribution < -0.4 is 4.74 Å². The lowest BCUT2D eigenvalue weighted by Gasteiger charge is -2.19. The third-order valence-electron chi connectivity index (χ3n) is 3.69. The molecule has 0 aliphatic heterocycles. The van der Waals surface area contributed by atoms with Crippen LogP contribution in [0.5, 0.6) is 5.75 Å². The quantitative estimate of drug-likeness (QED) is 0.898. The molecule has 0 amide bonds. The molecule has 19 heavy (non-hydrogen) atoms. The Morgan fingerprint density at radius 3 is 2.84 bits per heavy atom.